The van der Waals surface area contributed by atoms with Gasteiger partial charge in [-0.1, -0.05) is 12.1 Å². The minimum absolute atomic E-state index is 0.0164. The summed E-state index contributed by atoms with van der Waals surface area (Å²) in [6.07, 6.45) is 0. The van der Waals surface area contributed by atoms with Crippen LogP contribution in [0.2, 0.25) is 0 Å². The topological polar surface area (TPSA) is 130 Å². The molecule has 2 aromatic rings. The predicted octanol–water partition coefficient (Wildman–Crippen LogP) is 1.43. The molecule has 9 nitrogen and oxygen atoms in total. The summed E-state index contributed by atoms with van der Waals surface area (Å²) in [7, 11) is -2.77. The van der Waals surface area contributed by atoms with Crippen LogP contribution in [0.4, 0.5) is 14.9 Å². The first-order valence-electron chi connectivity index (χ1n) is 8.77. The first-order chi connectivity index (χ1) is 14.0. The predicted molar refractivity (Wildman–Crippen MR) is 105 cm³/mol. The average Bonchev–Trinajstić information content (AvgIpc) is 2.90. The van der Waals surface area contributed by atoms with E-state index in [0.717, 1.165) is 11.0 Å². The third-order valence-corrected chi connectivity index (χ3v) is 6.01. The molecule has 2 aromatic carbocycles. The van der Waals surface area contributed by atoms with Crippen LogP contribution in [-0.4, -0.2) is 49.7 Å². The van der Waals surface area contributed by atoms with E-state index in [9.17, 15) is 27.2 Å². The summed E-state index contributed by atoms with van der Waals surface area (Å²) in [4.78, 5) is 37.6. The first kappa shape index (κ1) is 21.2. The van der Waals surface area contributed by atoms with Crippen LogP contribution in [0.5, 0.6) is 0 Å². The highest BCUT2D eigenvalue weighted by molar-refractivity contribution is 7.92. The Kier molecular flexibility index (Phi) is 5.49. The maximum atomic E-state index is 13.9. The number of nitrogens with one attached hydrogen (secondary N) is 1. The van der Waals surface area contributed by atoms with E-state index in [4.69, 9.17) is 5.73 Å². The number of likely N-dealkylation sites (N-methyl/N-ethyl adjacent to an activating group) is 1. The molecule has 11 heteroatoms. The number of benzene rings is 2. The van der Waals surface area contributed by atoms with Gasteiger partial charge in [-0.3, -0.25) is 19.2 Å². The van der Waals surface area contributed by atoms with Crippen molar-refractivity contribution in [3.63, 3.8) is 0 Å². The maximum absolute atomic E-state index is 13.9. The zero-order valence-electron chi connectivity index (χ0n) is 16.2. The lowest BCUT2D eigenvalue weighted by atomic mass is 10.1. The number of hydrogen-bond donors (Lipinski definition) is 2. The summed E-state index contributed by atoms with van der Waals surface area (Å²) in [5.41, 5.74) is 5.78. The Labute approximate surface area is 172 Å². The van der Waals surface area contributed by atoms with E-state index in [0.29, 0.717) is 0 Å². The van der Waals surface area contributed by atoms with Gasteiger partial charge < -0.3 is 10.6 Å². The maximum Gasteiger partial charge on any atom is 0.327 e. The number of hydrogen-bond acceptors (Lipinski definition) is 5. The molecule has 0 aliphatic carbocycles. The van der Waals surface area contributed by atoms with E-state index in [1.165, 1.54) is 49.2 Å². The van der Waals surface area contributed by atoms with Crippen LogP contribution in [0.1, 0.15) is 21.5 Å². The van der Waals surface area contributed by atoms with Gasteiger partial charge in [0, 0.05) is 12.6 Å². The van der Waals surface area contributed by atoms with Crippen molar-refractivity contribution < 1.29 is 27.2 Å². The van der Waals surface area contributed by atoms with Gasteiger partial charge in [0.25, 0.3) is 15.9 Å². The molecule has 0 unspecified atom stereocenters. The quantitative estimate of drug-likeness (QED) is 0.665. The monoisotopic (exact) mass is 434 g/mol. The lowest BCUT2D eigenvalue weighted by molar-refractivity contribution is -0.125. The third-order valence-electron chi connectivity index (χ3n) is 4.65. The smallest absolute Gasteiger partial charge is 0.327 e. The van der Waals surface area contributed by atoms with Gasteiger partial charge in [-0.25, -0.2) is 17.6 Å². The molecule has 1 aliphatic heterocycles. The molecule has 1 heterocycles. The van der Waals surface area contributed by atoms with Gasteiger partial charge in [0.2, 0.25) is 5.91 Å². The normalized spacial score (nSPS) is 14.4. The number of urea groups is 1. The minimum atomic E-state index is -4.23. The first-order valence-corrected chi connectivity index (χ1v) is 10.2. The molecule has 4 amide bonds. The fourth-order valence-electron chi connectivity index (χ4n) is 2.90. The lowest BCUT2D eigenvalue weighted by Crippen LogP contribution is -2.31. The highest BCUT2D eigenvalue weighted by Gasteiger charge is 2.34. The standard InChI is InChI=1S/C19H19FN4O5S/c1-11-3-6-14(8-15(11)20)30(28,29)22-16-7-12(18(21)26)4-5-13(16)9-24-17(25)10-23(2)19(24)27/h3-8,22H,9-10H2,1-2H3,(H2,21,26). The van der Waals surface area contributed by atoms with Crippen LogP contribution in [0, 0.1) is 12.7 Å². The van der Waals surface area contributed by atoms with Gasteiger partial charge in [-0.05, 0) is 42.3 Å². The number of aryl methyl sites for hydroxylation is 1. The van der Waals surface area contributed by atoms with Gasteiger partial charge in [0.1, 0.15) is 12.4 Å². The molecule has 0 spiro atoms. The number of halogens is 1. The second kappa shape index (κ2) is 7.75. The van der Waals surface area contributed by atoms with E-state index >= 15 is 0 Å². The molecule has 0 saturated carbocycles. The zero-order chi connectivity index (χ0) is 22.2. The van der Waals surface area contributed by atoms with E-state index < -0.39 is 33.7 Å². The summed E-state index contributed by atoms with van der Waals surface area (Å²) < 4.78 is 41.7. The number of carbonyl (C=O) groups is 3. The SMILES string of the molecule is Cc1ccc(S(=O)(=O)Nc2cc(C(N)=O)ccc2CN2C(=O)CN(C)C2=O)cc1F. The summed E-state index contributed by atoms with van der Waals surface area (Å²) >= 11 is 0. The van der Waals surface area contributed by atoms with Crippen LogP contribution in [0.15, 0.2) is 41.3 Å². The Morgan fingerprint density at radius 3 is 2.47 bits per heavy atom. The number of imide groups is 1. The molecule has 1 fully saturated rings. The fraction of sp³-hybridized carbons (Fsp3) is 0.211. The van der Waals surface area contributed by atoms with Gasteiger partial charge in [-0.2, -0.15) is 0 Å². The molecule has 1 saturated heterocycles. The van der Waals surface area contributed by atoms with Crippen molar-refractivity contribution >= 4 is 33.6 Å². The molecular weight excluding hydrogens is 415 g/mol. The Morgan fingerprint density at radius 2 is 1.90 bits per heavy atom. The van der Waals surface area contributed by atoms with Gasteiger partial charge in [0.15, 0.2) is 0 Å². The Bertz CT molecular complexity index is 1170. The molecule has 0 atom stereocenters. The number of carbonyl (C=O) groups excluding carboxylic acids is 3. The van der Waals surface area contributed by atoms with Crippen molar-refractivity contribution in [2.45, 2.75) is 18.4 Å². The second-order valence-corrected chi connectivity index (χ2v) is 8.55. The minimum Gasteiger partial charge on any atom is -0.366 e. The third kappa shape index (κ3) is 4.10. The number of amides is 4. The van der Waals surface area contributed by atoms with E-state index in [2.05, 4.69) is 4.72 Å². The molecule has 3 rings (SSSR count). The number of rotatable bonds is 6. The number of sulfonamides is 1. The van der Waals surface area contributed by atoms with Gasteiger partial charge >= 0.3 is 6.03 Å². The van der Waals surface area contributed by atoms with Crippen LogP contribution in [0.25, 0.3) is 0 Å². The summed E-state index contributed by atoms with van der Waals surface area (Å²) in [5, 5.41) is 0. The van der Waals surface area contributed by atoms with Crippen molar-refractivity contribution in [2.75, 3.05) is 18.3 Å². The summed E-state index contributed by atoms with van der Waals surface area (Å²) in [5.74, 6) is -1.94. The molecule has 3 N–H and O–H groups in total. The molecular formula is C19H19FN4O5S. The number of primary amides is 1. The molecule has 0 bridgehead atoms. The Hall–Kier alpha value is -3.47. The highest BCUT2D eigenvalue weighted by Crippen LogP contribution is 2.25. The number of anilines is 1. The lowest BCUT2D eigenvalue weighted by Gasteiger charge is -2.18. The van der Waals surface area contributed by atoms with Crippen molar-refractivity contribution in [3.8, 4) is 0 Å². The van der Waals surface area contributed by atoms with Crippen LogP contribution in [0.3, 0.4) is 0 Å². The van der Waals surface area contributed by atoms with Gasteiger partial charge in [0.05, 0.1) is 17.1 Å². The Balaban J connectivity index is 2.00. The molecule has 158 valence electrons. The number of nitrogens with zero attached hydrogens (tertiary/aromatic N) is 2. The van der Waals surface area contributed by atoms with Crippen LogP contribution < -0.4 is 10.5 Å². The fourth-order valence-corrected chi connectivity index (χ4v) is 4.01. The largest absolute Gasteiger partial charge is 0.366 e. The molecule has 0 aromatic heterocycles. The van der Waals surface area contributed by atoms with E-state index in [1.807, 2.05) is 0 Å². The molecule has 30 heavy (non-hydrogen) atoms. The van der Waals surface area contributed by atoms with Crippen LogP contribution >= 0.6 is 0 Å². The van der Waals surface area contributed by atoms with Crippen molar-refractivity contribution in [2.24, 2.45) is 5.73 Å². The molecule has 1 aliphatic rings. The molecule has 0 radical (unpaired) electrons. The average molecular weight is 434 g/mol. The summed E-state index contributed by atoms with van der Waals surface area (Å²) in [6, 6.07) is 6.85. The highest BCUT2D eigenvalue weighted by atomic mass is 32.2. The van der Waals surface area contributed by atoms with E-state index in [-0.39, 0.29) is 40.4 Å². The zero-order valence-corrected chi connectivity index (χ0v) is 17.0. The van der Waals surface area contributed by atoms with Crippen molar-refractivity contribution in [1.29, 1.82) is 0 Å². The Morgan fingerprint density at radius 1 is 1.20 bits per heavy atom. The second-order valence-electron chi connectivity index (χ2n) is 6.87. The number of nitrogens with two attached hydrogens (primary N) is 1. The van der Waals surface area contributed by atoms with Crippen molar-refractivity contribution in [3.05, 3.63) is 58.9 Å². The van der Waals surface area contributed by atoms with Gasteiger partial charge in [-0.15, -0.1) is 0 Å². The van der Waals surface area contributed by atoms with Crippen molar-refractivity contribution in [1.82, 2.24) is 9.80 Å². The van der Waals surface area contributed by atoms with E-state index in [1.54, 1.807) is 0 Å². The summed E-state index contributed by atoms with van der Waals surface area (Å²) in [6.45, 7) is 1.18. The van der Waals surface area contributed by atoms with Crippen LogP contribution in [-0.2, 0) is 21.4 Å².